The first-order valence-corrected chi connectivity index (χ1v) is 25.3. The quantitative estimate of drug-likeness (QED) is 0.122. The summed E-state index contributed by atoms with van der Waals surface area (Å²) < 4.78 is 4.98. The van der Waals surface area contributed by atoms with Crippen LogP contribution in [0, 0.1) is 0 Å². The molecule has 10 aromatic rings. The monoisotopic (exact) mass is 1030 g/mol. The Morgan fingerprint density at radius 3 is 0.965 bits per heavy atom. The van der Waals surface area contributed by atoms with Crippen molar-refractivity contribution in [2.45, 2.75) is 0 Å². The molecule has 279 valence electrons. The topological polar surface area (TPSA) is 63.9 Å². The maximum atomic E-state index is 4.88. The molecule has 57 heavy (non-hydrogen) atoms. The fraction of sp³-hybridized carbons (Fsp3) is 0. The van der Waals surface area contributed by atoms with E-state index in [0.29, 0.717) is 0 Å². The molecule has 0 aromatic carbocycles. The average Bonchev–Trinajstić information content (AvgIpc) is 4.09. The molecule has 0 saturated carbocycles. The molecule has 0 aliphatic heterocycles. The van der Waals surface area contributed by atoms with Gasteiger partial charge >= 0.3 is 24.8 Å². The second kappa shape index (κ2) is 19.3. The Kier molecular flexibility index (Phi) is 13.8. The molecule has 10 rings (SSSR count). The summed E-state index contributed by atoms with van der Waals surface area (Å²) >= 11 is 24.3. The summed E-state index contributed by atoms with van der Waals surface area (Å²) in [4.78, 5) is 33.4. The third kappa shape index (κ3) is 10.0. The van der Waals surface area contributed by atoms with Gasteiger partial charge in [-0.05, 0) is 128 Å². The van der Waals surface area contributed by atoms with E-state index < -0.39 is 0 Å². The summed E-state index contributed by atoms with van der Waals surface area (Å²) in [6, 6.07) is 34.1. The van der Waals surface area contributed by atoms with E-state index >= 15 is 0 Å². The smallest absolute Gasteiger partial charge is 0.0992 e. The number of halogens is 2. The van der Waals surface area contributed by atoms with Gasteiger partial charge in [0.05, 0.1) is 74.6 Å². The van der Waals surface area contributed by atoms with Gasteiger partial charge in [0.25, 0.3) is 0 Å². The van der Waals surface area contributed by atoms with Crippen LogP contribution < -0.4 is 0 Å². The van der Waals surface area contributed by atoms with Gasteiger partial charge in [-0.25, -0.2) is 9.97 Å². The Labute approximate surface area is 384 Å². The first-order valence-electron chi connectivity index (χ1n) is 16.6. The van der Waals surface area contributed by atoms with Gasteiger partial charge in [-0.3, -0.25) is 9.97 Å². The SMILES string of the molecule is Brc1ccc(-c2ccc(-c3cncc(-c4ccc(-c5ccc(Br)s5)s4)n3)s2)s1.[B]=NS.c1csc(-c2ccc(-c3cncc(-c4ccc(-c5cccs5)s4)n3)s2)c1. The van der Waals surface area contributed by atoms with Crippen molar-refractivity contribution in [3.8, 4) is 81.3 Å². The first kappa shape index (κ1) is 40.7. The molecule has 0 atom stereocenters. The average molecular weight is 1030 g/mol. The van der Waals surface area contributed by atoms with Gasteiger partial charge < -0.3 is 0 Å². The van der Waals surface area contributed by atoms with Crippen LogP contribution in [0.5, 0.6) is 0 Å². The second-order valence-corrected chi connectivity index (χ2v) is 22.9. The van der Waals surface area contributed by atoms with Crippen LogP contribution in [0.15, 0.2) is 144 Å². The fourth-order valence-electron chi connectivity index (χ4n) is 5.37. The van der Waals surface area contributed by atoms with Crippen molar-refractivity contribution in [3.63, 3.8) is 0 Å². The predicted octanol–water partition coefficient (Wildman–Crippen LogP) is 16.5. The van der Waals surface area contributed by atoms with Gasteiger partial charge in [0.1, 0.15) is 0 Å². The number of thiol groups is 1. The maximum Gasteiger partial charge on any atom is 0.0992 e. The van der Waals surface area contributed by atoms with E-state index in [2.05, 4.69) is 174 Å². The maximum absolute atomic E-state index is 4.88. The summed E-state index contributed by atoms with van der Waals surface area (Å²) in [5, 5.41) is 4.22. The summed E-state index contributed by atoms with van der Waals surface area (Å²) in [6.45, 7) is 0. The second-order valence-electron chi connectivity index (χ2n) is 11.5. The Bertz CT molecular complexity index is 2670. The molecular formula is C40H23BBr2N5S9. The van der Waals surface area contributed by atoms with Crippen LogP contribution in [-0.2, 0) is 0 Å². The van der Waals surface area contributed by atoms with Gasteiger partial charge in [-0.15, -0.1) is 90.7 Å². The number of hydrogen-bond donors (Lipinski definition) is 1. The summed E-state index contributed by atoms with van der Waals surface area (Å²) in [5.74, 6) is 0. The summed E-state index contributed by atoms with van der Waals surface area (Å²) in [6.07, 6.45) is 7.38. The molecule has 0 amide bonds. The zero-order valence-corrected chi connectivity index (χ0v) is 39.6. The zero-order valence-electron chi connectivity index (χ0n) is 29.0. The largest absolute Gasteiger partial charge is 0.260 e. The van der Waals surface area contributed by atoms with Crippen LogP contribution in [0.3, 0.4) is 0 Å². The minimum absolute atomic E-state index is 0.915. The molecule has 0 spiro atoms. The van der Waals surface area contributed by atoms with Crippen molar-refractivity contribution in [3.05, 3.63) is 140 Å². The van der Waals surface area contributed by atoms with E-state index in [1.165, 1.54) is 39.0 Å². The van der Waals surface area contributed by atoms with Gasteiger partial charge in [-0.2, -0.15) is 0 Å². The summed E-state index contributed by atoms with van der Waals surface area (Å²) in [7, 11) is 4.34. The van der Waals surface area contributed by atoms with E-state index in [1.54, 1.807) is 90.7 Å². The van der Waals surface area contributed by atoms with E-state index in [1.807, 2.05) is 24.8 Å². The molecule has 0 bridgehead atoms. The molecular weight excluding hydrogens is 1010 g/mol. The normalized spacial score (nSPS) is 10.8. The number of hydrogen-bond acceptors (Lipinski definition) is 14. The zero-order chi connectivity index (χ0) is 39.1. The molecule has 17 heteroatoms. The molecule has 5 nitrogen and oxygen atoms in total. The van der Waals surface area contributed by atoms with Crippen LogP contribution in [0.25, 0.3) is 81.3 Å². The molecule has 0 unspecified atom stereocenters. The molecule has 0 saturated heterocycles. The van der Waals surface area contributed by atoms with Crippen LogP contribution in [-0.4, -0.2) is 27.6 Å². The van der Waals surface area contributed by atoms with Crippen molar-refractivity contribution in [1.82, 2.24) is 19.9 Å². The third-order valence-electron chi connectivity index (χ3n) is 7.86. The molecule has 0 aliphatic rings. The molecule has 10 aromatic heterocycles. The van der Waals surface area contributed by atoms with Crippen molar-refractivity contribution >= 4 is 143 Å². The minimum atomic E-state index is 0.915. The number of rotatable bonds is 8. The number of nitrogens with zero attached hydrogens (tertiary/aromatic N) is 5. The van der Waals surface area contributed by atoms with E-state index in [9.17, 15) is 0 Å². The number of thiophene rings is 8. The van der Waals surface area contributed by atoms with Crippen molar-refractivity contribution < 1.29 is 0 Å². The van der Waals surface area contributed by atoms with Gasteiger partial charge in [-0.1, -0.05) is 12.1 Å². The Morgan fingerprint density at radius 1 is 0.404 bits per heavy atom. The van der Waals surface area contributed by atoms with Crippen LogP contribution in [0.4, 0.5) is 0 Å². The fourth-order valence-corrected chi connectivity index (χ4v) is 13.8. The molecule has 0 fully saturated rings. The van der Waals surface area contributed by atoms with Crippen LogP contribution in [0.2, 0.25) is 0 Å². The molecule has 1 radical (unpaired) electrons. The van der Waals surface area contributed by atoms with Gasteiger partial charge in [0.2, 0.25) is 0 Å². The standard InChI is InChI=1S/C20H10Br2N2S4.C20H12N2S4.BHNS/c21-19-7-5-17(27-19)15-3-1-13(25-15)11-9-23-10-12(24-11)14-2-4-16(26-14)18-6-8-20(22)28-18;1-3-17(23-9-1)19-7-5-15(25-19)13-11-21-12-14(22-13)16-6-8-20(26-16)18-4-2-10-24-18;1-2-3/h1-10H;1-12H;3H. The predicted molar refractivity (Wildman–Crippen MR) is 263 cm³/mol. The minimum Gasteiger partial charge on any atom is -0.260 e. The van der Waals surface area contributed by atoms with Gasteiger partial charge in [0.15, 0.2) is 0 Å². The first-order chi connectivity index (χ1) is 27.9. The Morgan fingerprint density at radius 2 is 0.684 bits per heavy atom. The van der Waals surface area contributed by atoms with Gasteiger partial charge in [0, 0.05) is 39.0 Å². The Balaban J connectivity index is 0.000000150. The van der Waals surface area contributed by atoms with E-state index in [0.717, 1.165) is 49.9 Å². The molecule has 10 heterocycles. The Hall–Kier alpha value is -3.07. The third-order valence-corrected chi connectivity index (χ3v) is 18.1. The van der Waals surface area contributed by atoms with Crippen LogP contribution in [0.1, 0.15) is 0 Å². The van der Waals surface area contributed by atoms with Crippen molar-refractivity contribution in [2.24, 2.45) is 4.30 Å². The summed E-state index contributed by atoms with van der Waals surface area (Å²) in [5.41, 5.74) is 3.69. The molecule has 0 aliphatic carbocycles. The number of aromatic nitrogens is 4. The van der Waals surface area contributed by atoms with Crippen molar-refractivity contribution in [1.29, 1.82) is 0 Å². The van der Waals surface area contributed by atoms with E-state index in [-0.39, 0.29) is 0 Å². The van der Waals surface area contributed by atoms with Crippen LogP contribution >= 0.6 is 135 Å². The van der Waals surface area contributed by atoms with E-state index in [4.69, 9.17) is 9.97 Å². The van der Waals surface area contributed by atoms with Crippen molar-refractivity contribution in [2.75, 3.05) is 0 Å². The molecule has 0 N–H and O–H groups in total.